The molecule has 1 saturated carbocycles. The van der Waals surface area contributed by atoms with Crippen LogP contribution in [0.2, 0.25) is 0 Å². The summed E-state index contributed by atoms with van der Waals surface area (Å²) in [5.41, 5.74) is 2.17. The fourth-order valence-corrected chi connectivity index (χ4v) is 3.72. The molecule has 0 unspecified atom stereocenters. The minimum Gasteiger partial charge on any atom is -0.371 e. The predicted octanol–water partition coefficient (Wildman–Crippen LogP) is 3.07. The van der Waals surface area contributed by atoms with Gasteiger partial charge in [-0.05, 0) is 50.8 Å². The number of hydrogen-bond acceptors (Lipinski definition) is 5. The Balaban J connectivity index is 1.53. The first-order valence-electron chi connectivity index (χ1n) is 8.87. The van der Waals surface area contributed by atoms with Gasteiger partial charge in [-0.1, -0.05) is 0 Å². The molecular weight excluding hydrogens is 314 g/mol. The van der Waals surface area contributed by atoms with Gasteiger partial charge in [0.05, 0.1) is 11.6 Å². The van der Waals surface area contributed by atoms with Crippen molar-refractivity contribution in [2.24, 2.45) is 0 Å². The average Bonchev–Trinajstić information content (AvgIpc) is 3.38. The molecule has 2 aromatic rings. The monoisotopic (exact) mass is 335 g/mol. The Morgan fingerprint density at radius 3 is 2.64 bits per heavy atom. The molecule has 6 nitrogen and oxygen atoms in total. The van der Waals surface area contributed by atoms with Gasteiger partial charge in [0.1, 0.15) is 12.2 Å². The highest BCUT2D eigenvalue weighted by Crippen LogP contribution is 2.39. The van der Waals surface area contributed by atoms with Crippen molar-refractivity contribution in [3.8, 4) is 6.07 Å². The number of ketones is 1. The molecule has 6 heteroatoms. The Morgan fingerprint density at radius 1 is 1.24 bits per heavy atom. The van der Waals surface area contributed by atoms with Gasteiger partial charge < -0.3 is 9.47 Å². The molecule has 2 fully saturated rings. The summed E-state index contributed by atoms with van der Waals surface area (Å²) in [5.74, 6) is 1.56. The van der Waals surface area contributed by atoms with Crippen molar-refractivity contribution in [3.63, 3.8) is 0 Å². The zero-order chi connectivity index (χ0) is 17.4. The number of rotatable bonds is 4. The van der Waals surface area contributed by atoms with Gasteiger partial charge in [-0.3, -0.25) is 4.79 Å². The van der Waals surface area contributed by atoms with Gasteiger partial charge in [-0.2, -0.15) is 5.26 Å². The number of benzene rings is 1. The van der Waals surface area contributed by atoms with E-state index in [1.807, 2.05) is 12.4 Å². The van der Waals surface area contributed by atoms with Gasteiger partial charge in [-0.15, -0.1) is 10.2 Å². The zero-order valence-corrected chi connectivity index (χ0v) is 14.4. The van der Waals surface area contributed by atoms with Gasteiger partial charge in [0.2, 0.25) is 0 Å². The molecule has 25 heavy (non-hydrogen) atoms. The van der Waals surface area contributed by atoms with Crippen molar-refractivity contribution >= 4 is 11.5 Å². The van der Waals surface area contributed by atoms with Crippen LogP contribution in [0.15, 0.2) is 24.5 Å². The number of Topliss-reactive ketones (excluding diaryl/α,β-unsaturated/α-hetero) is 1. The van der Waals surface area contributed by atoms with E-state index in [2.05, 4.69) is 25.7 Å². The molecule has 1 saturated heterocycles. The van der Waals surface area contributed by atoms with E-state index in [0.29, 0.717) is 23.1 Å². The normalized spacial score (nSPS) is 18.2. The smallest absolute Gasteiger partial charge is 0.161 e. The van der Waals surface area contributed by atoms with Crippen molar-refractivity contribution in [2.75, 3.05) is 18.0 Å². The topological polar surface area (TPSA) is 74.8 Å². The Morgan fingerprint density at radius 2 is 2.00 bits per heavy atom. The first kappa shape index (κ1) is 15.8. The lowest BCUT2D eigenvalue weighted by Crippen LogP contribution is -2.34. The Hall–Kier alpha value is -2.68. The van der Waals surface area contributed by atoms with Gasteiger partial charge >= 0.3 is 0 Å². The van der Waals surface area contributed by atoms with E-state index in [9.17, 15) is 10.1 Å². The molecule has 1 aromatic heterocycles. The first-order chi connectivity index (χ1) is 12.2. The standard InChI is InChI=1S/C19H21N5O/c1-13(25)17-5-2-14(11-20)10-18(17)23-8-6-15(7-9-23)19-22-21-12-24(19)16-3-4-16/h2,5,10,12,15-16H,3-4,6-9H2,1H3. The second kappa shape index (κ2) is 6.32. The number of nitriles is 1. The molecule has 128 valence electrons. The molecule has 1 aliphatic carbocycles. The fourth-order valence-electron chi connectivity index (χ4n) is 3.72. The Labute approximate surface area is 147 Å². The number of hydrogen-bond donors (Lipinski definition) is 0. The summed E-state index contributed by atoms with van der Waals surface area (Å²) in [5, 5.41) is 17.7. The maximum absolute atomic E-state index is 12.0. The van der Waals surface area contributed by atoms with Crippen molar-refractivity contribution in [2.45, 2.75) is 44.6 Å². The Kier molecular flexibility index (Phi) is 4.00. The molecule has 0 spiro atoms. The lowest BCUT2D eigenvalue weighted by Gasteiger charge is -2.34. The van der Waals surface area contributed by atoms with Crippen LogP contribution in [0.25, 0.3) is 0 Å². The molecule has 4 rings (SSSR count). The van der Waals surface area contributed by atoms with Crippen LogP contribution < -0.4 is 4.90 Å². The number of piperidine rings is 1. The summed E-state index contributed by atoms with van der Waals surface area (Å²) in [6.07, 6.45) is 6.29. The van der Waals surface area contributed by atoms with Crippen molar-refractivity contribution in [3.05, 3.63) is 41.5 Å². The third-order valence-corrected chi connectivity index (χ3v) is 5.25. The highest BCUT2D eigenvalue weighted by Gasteiger charge is 2.31. The number of carbonyl (C=O) groups excluding carboxylic acids is 1. The molecule has 0 amide bonds. The molecule has 0 atom stereocenters. The van der Waals surface area contributed by atoms with Crippen LogP contribution in [0.1, 0.15) is 66.3 Å². The van der Waals surface area contributed by atoms with Gasteiger partial charge in [0.15, 0.2) is 5.78 Å². The largest absolute Gasteiger partial charge is 0.371 e. The van der Waals surface area contributed by atoms with Gasteiger partial charge in [0.25, 0.3) is 0 Å². The van der Waals surface area contributed by atoms with Crippen LogP contribution in [-0.2, 0) is 0 Å². The third-order valence-electron chi connectivity index (χ3n) is 5.25. The SMILES string of the molecule is CC(=O)c1ccc(C#N)cc1N1CCC(c2nncn2C2CC2)CC1. The second-order valence-corrected chi connectivity index (χ2v) is 6.99. The number of anilines is 1. The maximum atomic E-state index is 12.0. The molecule has 2 aliphatic rings. The second-order valence-electron chi connectivity index (χ2n) is 6.99. The van der Waals surface area contributed by atoms with Crippen molar-refractivity contribution in [1.82, 2.24) is 14.8 Å². The quantitative estimate of drug-likeness (QED) is 0.803. The predicted molar refractivity (Wildman–Crippen MR) is 93.6 cm³/mol. The lowest BCUT2D eigenvalue weighted by molar-refractivity contribution is 0.101. The van der Waals surface area contributed by atoms with E-state index in [1.54, 1.807) is 19.1 Å². The minimum absolute atomic E-state index is 0.0371. The maximum Gasteiger partial charge on any atom is 0.161 e. The number of carbonyl (C=O) groups is 1. The summed E-state index contributed by atoms with van der Waals surface area (Å²) in [6.45, 7) is 3.30. The van der Waals surface area contributed by atoms with Crippen molar-refractivity contribution < 1.29 is 4.79 Å². The van der Waals surface area contributed by atoms with E-state index in [-0.39, 0.29) is 5.78 Å². The van der Waals surface area contributed by atoms with Crippen LogP contribution in [0.5, 0.6) is 0 Å². The van der Waals surface area contributed by atoms with Gasteiger partial charge in [-0.25, -0.2) is 0 Å². The average molecular weight is 335 g/mol. The van der Waals surface area contributed by atoms with Crippen LogP contribution in [-0.4, -0.2) is 33.6 Å². The minimum atomic E-state index is 0.0371. The number of aromatic nitrogens is 3. The summed E-state index contributed by atoms with van der Waals surface area (Å²) in [6, 6.07) is 8.09. The van der Waals surface area contributed by atoms with Crippen LogP contribution >= 0.6 is 0 Å². The highest BCUT2D eigenvalue weighted by molar-refractivity contribution is 6.00. The van der Waals surface area contributed by atoms with Crippen LogP contribution in [0.3, 0.4) is 0 Å². The van der Waals surface area contributed by atoms with Crippen LogP contribution in [0, 0.1) is 11.3 Å². The summed E-state index contributed by atoms with van der Waals surface area (Å²) in [7, 11) is 0. The van der Waals surface area contributed by atoms with E-state index < -0.39 is 0 Å². The zero-order valence-electron chi connectivity index (χ0n) is 14.4. The fraction of sp³-hybridized carbons (Fsp3) is 0.474. The Bertz CT molecular complexity index is 838. The third kappa shape index (κ3) is 3.02. The lowest BCUT2D eigenvalue weighted by atomic mass is 9.94. The highest BCUT2D eigenvalue weighted by atomic mass is 16.1. The molecule has 0 bridgehead atoms. The van der Waals surface area contributed by atoms with E-state index in [0.717, 1.165) is 37.4 Å². The molecule has 2 heterocycles. The van der Waals surface area contributed by atoms with E-state index >= 15 is 0 Å². The number of nitrogens with zero attached hydrogens (tertiary/aromatic N) is 5. The molecule has 0 radical (unpaired) electrons. The van der Waals surface area contributed by atoms with Crippen molar-refractivity contribution in [1.29, 1.82) is 5.26 Å². The summed E-state index contributed by atoms with van der Waals surface area (Å²) in [4.78, 5) is 14.2. The molecule has 1 aromatic carbocycles. The molecule has 1 aliphatic heterocycles. The molecule has 0 N–H and O–H groups in total. The first-order valence-corrected chi connectivity index (χ1v) is 8.87. The summed E-state index contributed by atoms with van der Waals surface area (Å²) >= 11 is 0. The molecular formula is C19H21N5O. The van der Waals surface area contributed by atoms with E-state index in [4.69, 9.17) is 0 Å². The van der Waals surface area contributed by atoms with Gasteiger partial charge in [0, 0.05) is 36.3 Å². The van der Waals surface area contributed by atoms with E-state index in [1.165, 1.54) is 12.8 Å². The summed E-state index contributed by atoms with van der Waals surface area (Å²) < 4.78 is 2.25. The van der Waals surface area contributed by atoms with Crippen LogP contribution in [0.4, 0.5) is 5.69 Å².